The lowest BCUT2D eigenvalue weighted by molar-refractivity contribution is -0.127. The molecule has 4 heterocycles. The number of hydrogen-bond donors (Lipinski definition) is 2. The molecule has 2 aromatic carbocycles. The minimum Gasteiger partial charge on any atom is -0.491 e. The topological polar surface area (TPSA) is 246 Å². The standard InChI is InChI=1S/C58H78N4O20S2/c1-67-9-13-71-17-21-75-25-29-79-45-35-43(36-46(39-45)80-30-26-76-22-18-72-14-10-68-2)59-51(63)41-61-55(49-7-5-33-83-49)53-54(57(61)65)56(50-8-6-34-84-50)62(58(53)66)42-52(64)60-44-37-47(81-31-27-77-23-19-73-15-11-69-3)40-48(38-44)82-32-28-78-24-20-74-16-12-70-4/h5-8,33-40H,9-32,41-42H2,1-4H3,(H,59,63)(H,60,64). The van der Waals surface area contributed by atoms with Gasteiger partial charge in [0.1, 0.15) is 62.5 Å². The number of carbonyl (C=O) groups excluding carboxylic acids is 4. The third kappa shape index (κ3) is 23.1. The number of benzene rings is 2. The molecule has 0 fully saturated rings. The number of carbonyl (C=O) groups is 4. The van der Waals surface area contributed by atoms with Gasteiger partial charge in [-0.2, -0.15) is 0 Å². The van der Waals surface area contributed by atoms with Gasteiger partial charge in [-0.15, -0.1) is 22.7 Å². The molecule has 0 aliphatic carbocycles. The summed E-state index contributed by atoms with van der Waals surface area (Å²) in [6.45, 7) is 7.63. The zero-order valence-corrected chi connectivity index (χ0v) is 49.8. The highest BCUT2D eigenvalue weighted by Gasteiger charge is 2.50. The van der Waals surface area contributed by atoms with E-state index in [0.717, 1.165) is 0 Å². The van der Waals surface area contributed by atoms with Crippen molar-refractivity contribution in [2.45, 2.75) is 0 Å². The van der Waals surface area contributed by atoms with Crippen LogP contribution in [0.25, 0.3) is 11.4 Å². The highest BCUT2D eigenvalue weighted by molar-refractivity contribution is 7.11. The molecule has 2 aliphatic rings. The Hall–Kier alpha value is -6.08. The quantitative estimate of drug-likeness (QED) is 0.0545. The summed E-state index contributed by atoms with van der Waals surface area (Å²) in [5.74, 6) is -0.788. The van der Waals surface area contributed by atoms with Crippen LogP contribution in [0.15, 0.2) is 82.6 Å². The van der Waals surface area contributed by atoms with Gasteiger partial charge in [0.05, 0.1) is 164 Å². The van der Waals surface area contributed by atoms with Gasteiger partial charge in [-0.05, 0) is 22.9 Å². The molecule has 2 aromatic heterocycles. The van der Waals surface area contributed by atoms with E-state index in [0.29, 0.717) is 150 Å². The maximum Gasteiger partial charge on any atom is 0.261 e. The van der Waals surface area contributed by atoms with E-state index in [-0.39, 0.29) is 75.4 Å². The molecular weight excluding hydrogens is 1140 g/mol. The zero-order valence-electron chi connectivity index (χ0n) is 48.2. The number of methoxy groups -OCH3 is 4. The Kier molecular flexibility index (Phi) is 31.5. The number of nitrogens with one attached hydrogen (secondary N) is 2. The normalized spacial score (nSPS) is 13.1. The second-order valence-electron chi connectivity index (χ2n) is 17.9. The van der Waals surface area contributed by atoms with Gasteiger partial charge in [0.15, 0.2) is 0 Å². The highest BCUT2D eigenvalue weighted by Crippen LogP contribution is 2.48. The van der Waals surface area contributed by atoms with E-state index in [1.165, 1.54) is 32.5 Å². The van der Waals surface area contributed by atoms with E-state index in [9.17, 15) is 19.2 Å². The van der Waals surface area contributed by atoms with Crippen LogP contribution < -0.4 is 29.6 Å². The molecule has 4 amide bonds. The lowest BCUT2D eigenvalue weighted by Crippen LogP contribution is -2.37. The van der Waals surface area contributed by atoms with Gasteiger partial charge in [-0.3, -0.25) is 29.0 Å². The molecule has 0 bridgehead atoms. The largest absolute Gasteiger partial charge is 0.491 e. The van der Waals surface area contributed by atoms with Crippen LogP contribution in [0.4, 0.5) is 11.4 Å². The molecule has 462 valence electrons. The molecule has 84 heavy (non-hydrogen) atoms. The third-order valence-corrected chi connectivity index (χ3v) is 13.6. The summed E-state index contributed by atoms with van der Waals surface area (Å²) < 4.78 is 88.6. The monoisotopic (exact) mass is 1210 g/mol. The van der Waals surface area contributed by atoms with Crippen molar-refractivity contribution in [3.63, 3.8) is 0 Å². The van der Waals surface area contributed by atoms with E-state index in [1.807, 2.05) is 10.8 Å². The number of anilines is 2. The molecule has 24 nitrogen and oxygen atoms in total. The Morgan fingerprint density at radius 1 is 0.381 bits per heavy atom. The van der Waals surface area contributed by atoms with Crippen LogP contribution in [-0.2, 0) is 76.0 Å². The van der Waals surface area contributed by atoms with E-state index in [2.05, 4.69) is 10.6 Å². The summed E-state index contributed by atoms with van der Waals surface area (Å²) in [6.07, 6.45) is 0. The van der Waals surface area contributed by atoms with E-state index in [4.69, 9.17) is 75.8 Å². The molecule has 2 N–H and O–H groups in total. The van der Waals surface area contributed by atoms with Gasteiger partial charge < -0.3 is 86.4 Å². The lowest BCUT2D eigenvalue weighted by atomic mass is 10.1. The minimum atomic E-state index is -0.589. The van der Waals surface area contributed by atoms with Gasteiger partial charge in [-0.1, -0.05) is 12.1 Å². The first-order valence-corrected chi connectivity index (χ1v) is 29.2. The SMILES string of the molecule is COCCOCCOCCOc1cc(NC(=O)CN2C(=O)C3=C(c4cccs4)N(CC(=O)Nc4cc(OCCOCCOCCOC)cc(OCCOCCOCCOC)c4)C(=O)C3=C2c2cccs2)cc(OCCOCCOCCOC)c1. The van der Waals surface area contributed by atoms with Crippen molar-refractivity contribution in [2.75, 3.05) is 211 Å². The van der Waals surface area contributed by atoms with Gasteiger partial charge in [0.2, 0.25) is 11.8 Å². The van der Waals surface area contributed by atoms with E-state index < -0.39 is 36.7 Å². The first-order chi connectivity index (χ1) is 41.2. The van der Waals surface area contributed by atoms with Crippen molar-refractivity contribution in [1.82, 2.24) is 9.80 Å². The van der Waals surface area contributed by atoms with Gasteiger partial charge >= 0.3 is 0 Å². The van der Waals surface area contributed by atoms with Gasteiger partial charge in [-0.25, -0.2) is 0 Å². The number of amides is 4. The maximum atomic E-state index is 15.0. The fraction of sp³-hybridized carbons (Fsp3) is 0.517. The first-order valence-electron chi connectivity index (χ1n) is 27.4. The van der Waals surface area contributed by atoms with E-state index >= 15 is 0 Å². The third-order valence-electron chi connectivity index (χ3n) is 11.8. The van der Waals surface area contributed by atoms with Crippen LogP contribution in [0.1, 0.15) is 9.75 Å². The first kappa shape index (κ1) is 67.1. The Balaban J connectivity index is 1.16. The summed E-state index contributed by atoms with van der Waals surface area (Å²) in [5.41, 5.74) is 1.27. The number of hydrogen-bond acceptors (Lipinski definition) is 22. The Bertz CT molecular complexity index is 2380. The van der Waals surface area contributed by atoms with E-state index in [1.54, 1.807) is 89.1 Å². The zero-order chi connectivity index (χ0) is 59.4. The maximum absolute atomic E-state index is 15.0. The number of fused-ring (bicyclic) bond motifs is 1. The minimum absolute atomic E-state index is 0.0728. The second kappa shape index (κ2) is 39.5. The Morgan fingerprint density at radius 3 is 0.893 bits per heavy atom. The Morgan fingerprint density at radius 2 is 0.643 bits per heavy atom. The summed E-state index contributed by atoms with van der Waals surface area (Å²) >= 11 is 2.60. The second-order valence-corrected chi connectivity index (χ2v) is 19.8. The molecule has 6 rings (SSSR count). The van der Waals surface area contributed by atoms with Crippen molar-refractivity contribution in [1.29, 1.82) is 0 Å². The molecule has 0 radical (unpaired) electrons. The molecule has 0 spiro atoms. The van der Waals surface area contributed by atoms with Crippen molar-refractivity contribution in [3.8, 4) is 23.0 Å². The van der Waals surface area contributed by atoms with Crippen LogP contribution in [0, 0.1) is 0 Å². The molecule has 0 saturated carbocycles. The Labute approximate surface area is 497 Å². The number of thiophene rings is 2. The molecule has 0 unspecified atom stereocenters. The molecule has 0 saturated heterocycles. The summed E-state index contributed by atoms with van der Waals surface area (Å²) in [7, 11) is 6.42. The molecule has 2 aliphatic heterocycles. The van der Waals surface area contributed by atoms with Crippen LogP contribution >= 0.6 is 22.7 Å². The van der Waals surface area contributed by atoms with Crippen molar-refractivity contribution in [2.24, 2.45) is 0 Å². The summed E-state index contributed by atoms with van der Waals surface area (Å²) in [6, 6.07) is 17.0. The molecule has 26 heteroatoms. The summed E-state index contributed by atoms with van der Waals surface area (Å²) in [4.78, 5) is 62.1. The van der Waals surface area contributed by atoms with Crippen LogP contribution in [-0.4, -0.2) is 234 Å². The number of nitrogens with zero attached hydrogens (tertiary/aromatic N) is 2. The van der Waals surface area contributed by atoms with Gasteiger partial charge in [0, 0.05) is 76.2 Å². The highest BCUT2D eigenvalue weighted by atomic mass is 32.1. The van der Waals surface area contributed by atoms with Gasteiger partial charge in [0.25, 0.3) is 11.8 Å². The lowest BCUT2D eigenvalue weighted by Gasteiger charge is -2.24. The summed E-state index contributed by atoms with van der Waals surface area (Å²) in [5, 5.41) is 9.43. The average molecular weight is 1220 g/mol. The van der Waals surface area contributed by atoms with Crippen molar-refractivity contribution >= 4 is 69.1 Å². The number of rotatable bonds is 48. The van der Waals surface area contributed by atoms with Crippen molar-refractivity contribution < 1.29 is 95.0 Å². The van der Waals surface area contributed by atoms with Crippen LogP contribution in [0.2, 0.25) is 0 Å². The molecular formula is C58H78N4O20S2. The smallest absolute Gasteiger partial charge is 0.261 e. The fourth-order valence-corrected chi connectivity index (χ4v) is 9.65. The average Bonchev–Trinajstić information content (AvgIpc) is 1.95. The van der Waals surface area contributed by atoms with Crippen molar-refractivity contribution in [3.05, 3.63) is 92.3 Å². The predicted molar refractivity (Wildman–Crippen MR) is 312 cm³/mol. The molecule has 4 aromatic rings. The predicted octanol–water partition coefficient (Wildman–Crippen LogP) is 5.13. The number of ether oxygens (including phenoxy) is 16. The van der Waals surface area contributed by atoms with Crippen LogP contribution in [0.5, 0.6) is 23.0 Å². The van der Waals surface area contributed by atoms with Crippen LogP contribution in [0.3, 0.4) is 0 Å². The molecule has 0 atom stereocenters. The fourth-order valence-electron chi connectivity index (χ4n) is 8.08.